The molecule has 1 N–H and O–H groups in total. The molecule has 1 aliphatic carbocycles. The fourth-order valence-electron chi connectivity index (χ4n) is 4.20. The maximum absolute atomic E-state index is 12.3. The van der Waals surface area contributed by atoms with E-state index in [1.54, 1.807) is 0 Å². The number of nitrogens with one attached hydrogen (secondary N) is 1. The van der Waals surface area contributed by atoms with Crippen molar-refractivity contribution in [2.24, 2.45) is 11.8 Å². The molecule has 3 rings (SSSR count). The first kappa shape index (κ1) is 13.9. The van der Waals surface area contributed by atoms with E-state index in [1.165, 1.54) is 7.11 Å². The van der Waals surface area contributed by atoms with Crippen LogP contribution in [0.15, 0.2) is 0 Å². The number of hydrogen-bond donors (Lipinski definition) is 1. The number of fused-ring (bicyclic) bond motifs is 2. The molecule has 0 aromatic heterocycles. The van der Waals surface area contributed by atoms with Crippen LogP contribution < -0.4 is 5.32 Å². The molecule has 1 amide bonds. The predicted octanol–water partition coefficient (Wildman–Crippen LogP) is 1.28. The van der Waals surface area contributed by atoms with Crippen molar-refractivity contribution in [1.82, 2.24) is 10.2 Å². The third kappa shape index (κ3) is 2.12. The van der Waals surface area contributed by atoms with Gasteiger partial charge in [0, 0.05) is 6.54 Å². The molecule has 20 heavy (non-hydrogen) atoms. The summed E-state index contributed by atoms with van der Waals surface area (Å²) in [6.07, 6.45) is 5.48. The summed E-state index contributed by atoms with van der Waals surface area (Å²) in [5.74, 6) is 0.718. The summed E-state index contributed by atoms with van der Waals surface area (Å²) < 4.78 is 4.84. The van der Waals surface area contributed by atoms with E-state index in [1.807, 2.05) is 0 Å². The van der Waals surface area contributed by atoms with Crippen LogP contribution in [0.3, 0.4) is 0 Å². The summed E-state index contributed by atoms with van der Waals surface area (Å²) in [5.41, 5.74) is -0.188. The molecule has 1 spiro atoms. The SMILES string of the molecule is COC(=O)C1CCC2(CC1)NC(=O)C1CC(C)CCN12. The van der Waals surface area contributed by atoms with Crippen LogP contribution in [-0.4, -0.2) is 42.1 Å². The van der Waals surface area contributed by atoms with E-state index in [-0.39, 0.29) is 29.5 Å². The number of ether oxygens (including phenoxy) is 1. The zero-order chi connectivity index (χ0) is 14.3. The number of esters is 1. The van der Waals surface area contributed by atoms with Crippen LogP contribution in [0.1, 0.15) is 45.4 Å². The van der Waals surface area contributed by atoms with E-state index in [0.29, 0.717) is 5.92 Å². The topological polar surface area (TPSA) is 58.6 Å². The summed E-state index contributed by atoms with van der Waals surface area (Å²) in [7, 11) is 1.45. The van der Waals surface area contributed by atoms with Crippen LogP contribution in [0.4, 0.5) is 0 Å². The molecule has 1 saturated carbocycles. The third-order valence-corrected chi connectivity index (χ3v) is 5.42. The van der Waals surface area contributed by atoms with Crippen molar-refractivity contribution in [3.05, 3.63) is 0 Å². The second-order valence-electron chi connectivity index (χ2n) is 6.66. The molecule has 0 aromatic carbocycles. The number of nitrogens with zero attached hydrogens (tertiary/aromatic N) is 1. The van der Waals surface area contributed by atoms with Crippen molar-refractivity contribution < 1.29 is 14.3 Å². The zero-order valence-corrected chi connectivity index (χ0v) is 12.4. The van der Waals surface area contributed by atoms with Gasteiger partial charge in [0.15, 0.2) is 0 Å². The highest BCUT2D eigenvalue weighted by Crippen LogP contribution is 2.42. The molecular weight excluding hydrogens is 256 g/mol. The monoisotopic (exact) mass is 280 g/mol. The minimum absolute atomic E-state index is 0.00490. The minimum Gasteiger partial charge on any atom is -0.469 e. The quantitative estimate of drug-likeness (QED) is 0.735. The average Bonchev–Trinajstić information content (AvgIpc) is 2.71. The summed E-state index contributed by atoms with van der Waals surface area (Å²) in [5, 5.41) is 3.24. The van der Waals surface area contributed by atoms with Gasteiger partial charge in [0.2, 0.25) is 5.91 Å². The van der Waals surface area contributed by atoms with Gasteiger partial charge < -0.3 is 10.1 Å². The van der Waals surface area contributed by atoms with Crippen molar-refractivity contribution in [2.75, 3.05) is 13.7 Å². The summed E-state index contributed by atoms with van der Waals surface area (Å²) >= 11 is 0. The lowest BCUT2D eigenvalue weighted by Gasteiger charge is -2.46. The fourth-order valence-corrected chi connectivity index (χ4v) is 4.20. The fraction of sp³-hybridized carbons (Fsp3) is 0.867. The standard InChI is InChI=1S/C15H24N2O3/c1-10-5-8-17-12(9-10)13(18)16-15(17)6-3-11(4-7-15)14(19)20-2/h10-12H,3-9H2,1-2H3,(H,16,18). The predicted molar refractivity (Wildman–Crippen MR) is 73.7 cm³/mol. The second-order valence-corrected chi connectivity index (χ2v) is 6.66. The summed E-state index contributed by atoms with van der Waals surface area (Å²) in [4.78, 5) is 26.3. The maximum atomic E-state index is 12.3. The van der Waals surface area contributed by atoms with Gasteiger partial charge in [-0.05, 0) is 44.4 Å². The van der Waals surface area contributed by atoms with Crippen LogP contribution >= 0.6 is 0 Å². The van der Waals surface area contributed by atoms with Gasteiger partial charge in [0.25, 0.3) is 0 Å². The van der Waals surface area contributed by atoms with Gasteiger partial charge in [-0.15, -0.1) is 0 Å². The minimum atomic E-state index is -0.188. The van der Waals surface area contributed by atoms with Gasteiger partial charge in [-0.25, -0.2) is 0 Å². The Morgan fingerprint density at radius 2 is 2.05 bits per heavy atom. The smallest absolute Gasteiger partial charge is 0.308 e. The van der Waals surface area contributed by atoms with Crippen molar-refractivity contribution >= 4 is 11.9 Å². The number of piperidine rings is 1. The Kier molecular flexibility index (Phi) is 3.48. The van der Waals surface area contributed by atoms with Crippen molar-refractivity contribution in [3.63, 3.8) is 0 Å². The first-order valence-corrected chi connectivity index (χ1v) is 7.72. The van der Waals surface area contributed by atoms with Crippen molar-refractivity contribution in [1.29, 1.82) is 0 Å². The van der Waals surface area contributed by atoms with E-state index in [4.69, 9.17) is 4.74 Å². The first-order valence-electron chi connectivity index (χ1n) is 7.72. The van der Waals surface area contributed by atoms with E-state index >= 15 is 0 Å². The largest absolute Gasteiger partial charge is 0.469 e. The maximum Gasteiger partial charge on any atom is 0.308 e. The second kappa shape index (κ2) is 5.02. The van der Waals surface area contributed by atoms with Gasteiger partial charge >= 0.3 is 5.97 Å². The molecule has 3 fully saturated rings. The Morgan fingerprint density at radius 3 is 2.70 bits per heavy atom. The highest BCUT2D eigenvalue weighted by Gasteiger charge is 2.53. The first-order chi connectivity index (χ1) is 9.55. The molecule has 112 valence electrons. The van der Waals surface area contributed by atoms with Gasteiger partial charge in [0.1, 0.15) is 0 Å². The van der Waals surface area contributed by atoms with Crippen LogP contribution in [0.25, 0.3) is 0 Å². The van der Waals surface area contributed by atoms with Crippen LogP contribution in [-0.2, 0) is 14.3 Å². The van der Waals surface area contributed by atoms with Gasteiger partial charge in [0.05, 0.1) is 24.7 Å². The molecule has 5 nitrogen and oxygen atoms in total. The van der Waals surface area contributed by atoms with Gasteiger partial charge in [-0.1, -0.05) is 6.92 Å². The Morgan fingerprint density at radius 1 is 1.35 bits per heavy atom. The van der Waals surface area contributed by atoms with Gasteiger partial charge in [-0.3, -0.25) is 14.5 Å². The van der Waals surface area contributed by atoms with Crippen LogP contribution in [0.5, 0.6) is 0 Å². The van der Waals surface area contributed by atoms with E-state index < -0.39 is 0 Å². The summed E-state index contributed by atoms with van der Waals surface area (Å²) in [6, 6.07) is 0.0495. The number of methoxy groups -OCH3 is 1. The molecular formula is C15H24N2O3. The zero-order valence-electron chi connectivity index (χ0n) is 12.4. The molecule has 5 heteroatoms. The number of hydrogen-bond acceptors (Lipinski definition) is 4. The normalized spacial score (nSPS) is 41.3. The van der Waals surface area contributed by atoms with E-state index in [9.17, 15) is 9.59 Å². The van der Waals surface area contributed by atoms with E-state index in [0.717, 1.165) is 45.1 Å². The molecule has 0 radical (unpaired) electrons. The molecule has 2 heterocycles. The Hall–Kier alpha value is -1.10. The van der Waals surface area contributed by atoms with Crippen molar-refractivity contribution in [2.45, 2.75) is 57.2 Å². The molecule has 2 saturated heterocycles. The van der Waals surface area contributed by atoms with Crippen LogP contribution in [0, 0.1) is 11.8 Å². The van der Waals surface area contributed by atoms with Crippen LogP contribution in [0.2, 0.25) is 0 Å². The highest BCUT2D eigenvalue weighted by atomic mass is 16.5. The summed E-state index contributed by atoms with van der Waals surface area (Å²) in [6.45, 7) is 3.22. The lowest BCUT2D eigenvalue weighted by Crippen LogP contribution is -2.57. The number of amides is 1. The number of rotatable bonds is 1. The van der Waals surface area contributed by atoms with Crippen molar-refractivity contribution in [3.8, 4) is 0 Å². The lowest BCUT2D eigenvalue weighted by atomic mass is 9.80. The number of carbonyl (C=O) groups is 2. The van der Waals surface area contributed by atoms with Gasteiger partial charge in [-0.2, -0.15) is 0 Å². The molecule has 2 aliphatic heterocycles. The average molecular weight is 280 g/mol. The van der Waals surface area contributed by atoms with E-state index in [2.05, 4.69) is 17.1 Å². The Balaban J connectivity index is 1.72. The molecule has 0 bridgehead atoms. The third-order valence-electron chi connectivity index (χ3n) is 5.42. The lowest BCUT2D eigenvalue weighted by molar-refractivity contribution is -0.147. The molecule has 2 atom stereocenters. The molecule has 3 aliphatic rings. The molecule has 0 aromatic rings. The molecule has 2 unspecified atom stereocenters. The Labute approximate surface area is 120 Å². The number of carbonyl (C=O) groups excluding carboxylic acids is 2. The highest BCUT2D eigenvalue weighted by molar-refractivity contribution is 5.85. The Bertz CT molecular complexity index is 415.